The molecule has 196 valence electrons. The van der Waals surface area contributed by atoms with Crippen molar-refractivity contribution in [2.24, 2.45) is 0 Å². The van der Waals surface area contributed by atoms with Crippen LogP contribution in [-0.2, 0) is 0 Å². The predicted molar refractivity (Wildman–Crippen MR) is 160 cm³/mol. The van der Waals surface area contributed by atoms with Gasteiger partial charge in [0.25, 0.3) is 0 Å². The second kappa shape index (κ2) is 10.1. The number of methoxy groups -OCH3 is 2. The van der Waals surface area contributed by atoms with Crippen LogP contribution in [0.2, 0.25) is 0 Å². The van der Waals surface area contributed by atoms with Crippen molar-refractivity contribution in [3.8, 4) is 17.2 Å². The standard InChI is InChI=1S/C32H30N4O2S/c1-20-18-25(21(2)35(20)27-14-9-11-22-10-5-6-12-24(22)27)31-30(26-13-7-8-17-33-26)34-32(39)36(31)28-19-23(37-3)15-16-29(28)38-4/h5-19,30-31H,1-4H3,(H,34,39)/t30-,31+/m0/s1. The fourth-order valence-electron chi connectivity index (χ4n) is 5.78. The molecule has 3 aromatic carbocycles. The molecule has 1 fully saturated rings. The maximum absolute atomic E-state index is 5.99. The Kier molecular flexibility index (Phi) is 6.45. The molecule has 0 amide bonds. The van der Waals surface area contributed by atoms with Crippen molar-refractivity contribution in [1.82, 2.24) is 14.9 Å². The predicted octanol–water partition coefficient (Wildman–Crippen LogP) is 6.84. The Bertz CT molecular complexity index is 1680. The van der Waals surface area contributed by atoms with E-state index in [1.165, 1.54) is 10.8 Å². The Balaban J connectivity index is 1.57. The molecule has 0 saturated carbocycles. The average molecular weight is 535 g/mol. The SMILES string of the molecule is COc1ccc(OC)c(N2C(=S)N[C@@H](c3ccccn3)[C@H]2c2cc(C)n(-c3cccc4ccccc34)c2C)c1. The van der Waals surface area contributed by atoms with Crippen LogP contribution in [0.25, 0.3) is 16.5 Å². The smallest absolute Gasteiger partial charge is 0.174 e. The highest BCUT2D eigenvalue weighted by molar-refractivity contribution is 7.80. The minimum Gasteiger partial charge on any atom is -0.497 e. The summed E-state index contributed by atoms with van der Waals surface area (Å²) < 4.78 is 13.7. The molecule has 7 heteroatoms. The Labute approximate surface area is 233 Å². The summed E-state index contributed by atoms with van der Waals surface area (Å²) in [6.07, 6.45) is 1.82. The molecule has 1 N–H and O–H groups in total. The molecule has 3 heterocycles. The third kappa shape index (κ3) is 4.19. The molecule has 2 atom stereocenters. The molecule has 0 bridgehead atoms. The number of pyridine rings is 1. The van der Waals surface area contributed by atoms with E-state index in [4.69, 9.17) is 26.7 Å². The molecule has 0 unspecified atom stereocenters. The lowest BCUT2D eigenvalue weighted by molar-refractivity contribution is 0.403. The highest BCUT2D eigenvalue weighted by Gasteiger charge is 2.43. The lowest BCUT2D eigenvalue weighted by atomic mass is 9.96. The van der Waals surface area contributed by atoms with Gasteiger partial charge in [-0.05, 0) is 73.4 Å². The number of hydrogen-bond donors (Lipinski definition) is 1. The zero-order valence-electron chi connectivity index (χ0n) is 22.4. The molecule has 1 aliphatic heterocycles. The van der Waals surface area contributed by atoms with E-state index in [9.17, 15) is 0 Å². The molecule has 5 aromatic rings. The lowest BCUT2D eigenvalue weighted by Gasteiger charge is -2.29. The topological polar surface area (TPSA) is 51.6 Å². The van der Waals surface area contributed by atoms with Gasteiger partial charge in [0.05, 0.1) is 43.4 Å². The van der Waals surface area contributed by atoms with Gasteiger partial charge in [-0.15, -0.1) is 0 Å². The third-order valence-electron chi connectivity index (χ3n) is 7.54. The molecule has 6 nitrogen and oxygen atoms in total. The highest BCUT2D eigenvalue weighted by Crippen LogP contribution is 2.47. The largest absolute Gasteiger partial charge is 0.497 e. The molecule has 6 rings (SSSR count). The number of rotatable bonds is 6. The van der Waals surface area contributed by atoms with Gasteiger partial charge >= 0.3 is 0 Å². The monoisotopic (exact) mass is 534 g/mol. The molecule has 1 aliphatic rings. The van der Waals surface area contributed by atoms with Crippen LogP contribution >= 0.6 is 12.2 Å². The van der Waals surface area contributed by atoms with Crippen LogP contribution in [0, 0.1) is 13.8 Å². The summed E-state index contributed by atoms with van der Waals surface area (Å²) >= 11 is 5.99. The van der Waals surface area contributed by atoms with Crippen LogP contribution in [0.1, 0.15) is 34.7 Å². The second-order valence-corrected chi connectivity index (χ2v) is 10.1. The number of hydrogen-bond acceptors (Lipinski definition) is 4. The highest BCUT2D eigenvalue weighted by atomic mass is 32.1. The molecule has 1 saturated heterocycles. The van der Waals surface area contributed by atoms with Crippen molar-refractivity contribution in [3.63, 3.8) is 0 Å². The van der Waals surface area contributed by atoms with Gasteiger partial charge in [-0.1, -0.05) is 42.5 Å². The van der Waals surface area contributed by atoms with Crippen LogP contribution in [0.4, 0.5) is 5.69 Å². The van der Waals surface area contributed by atoms with Gasteiger partial charge in [-0.25, -0.2) is 0 Å². The normalized spacial score (nSPS) is 16.9. The van der Waals surface area contributed by atoms with E-state index in [1.54, 1.807) is 14.2 Å². The maximum Gasteiger partial charge on any atom is 0.174 e. The summed E-state index contributed by atoms with van der Waals surface area (Å²) in [5.41, 5.74) is 6.37. The van der Waals surface area contributed by atoms with E-state index in [0.29, 0.717) is 5.11 Å². The number of nitrogens with zero attached hydrogens (tertiary/aromatic N) is 3. The minimum atomic E-state index is -0.177. The first-order valence-electron chi connectivity index (χ1n) is 12.9. The van der Waals surface area contributed by atoms with Gasteiger partial charge in [-0.2, -0.15) is 0 Å². The minimum absolute atomic E-state index is 0.170. The van der Waals surface area contributed by atoms with E-state index < -0.39 is 0 Å². The van der Waals surface area contributed by atoms with Crippen LogP contribution in [0.15, 0.2) is 91.1 Å². The number of aromatic nitrogens is 2. The number of fused-ring (bicyclic) bond motifs is 1. The van der Waals surface area contributed by atoms with Crippen molar-refractivity contribution < 1.29 is 9.47 Å². The number of thiocarbonyl (C=S) groups is 1. The van der Waals surface area contributed by atoms with E-state index in [1.807, 2.05) is 42.6 Å². The number of aryl methyl sites for hydroxylation is 1. The van der Waals surface area contributed by atoms with Gasteiger partial charge in [0.2, 0.25) is 0 Å². The quantitative estimate of drug-likeness (QED) is 0.241. The van der Waals surface area contributed by atoms with Gasteiger partial charge in [0, 0.05) is 29.0 Å². The maximum atomic E-state index is 5.99. The van der Waals surface area contributed by atoms with Gasteiger partial charge in [0.1, 0.15) is 11.5 Å². The molecule has 0 spiro atoms. The first kappa shape index (κ1) is 24.9. The van der Waals surface area contributed by atoms with Crippen molar-refractivity contribution in [2.75, 3.05) is 19.1 Å². The van der Waals surface area contributed by atoms with Crippen LogP contribution in [0.3, 0.4) is 0 Å². The number of ether oxygens (including phenoxy) is 2. The average Bonchev–Trinajstić information content (AvgIpc) is 3.47. The summed E-state index contributed by atoms with van der Waals surface area (Å²) in [5.74, 6) is 1.45. The van der Waals surface area contributed by atoms with Crippen molar-refractivity contribution in [2.45, 2.75) is 25.9 Å². The molecular formula is C32H30N4O2S. The summed E-state index contributed by atoms with van der Waals surface area (Å²) in [5, 5.41) is 6.60. The van der Waals surface area contributed by atoms with Gasteiger partial charge < -0.3 is 24.3 Å². The molecular weight excluding hydrogens is 504 g/mol. The Morgan fingerprint density at radius 1 is 0.846 bits per heavy atom. The van der Waals surface area contributed by atoms with Crippen LogP contribution in [0.5, 0.6) is 11.5 Å². The first-order chi connectivity index (χ1) is 19.0. The third-order valence-corrected chi connectivity index (χ3v) is 7.85. The lowest BCUT2D eigenvalue weighted by Crippen LogP contribution is -2.30. The van der Waals surface area contributed by atoms with Gasteiger partial charge in [0.15, 0.2) is 5.11 Å². The summed E-state index contributed by atoms with van der Waals surface area (Å²) in [7, 11) is 3.34. The summed E-state index contributed by atoms with van der Waals surface area (Å²) in [6, 6.07) is 28.7. The first-order valence-corrected chi connectivity index (χ1v) is 13.3. The zero-order chi connectivity index (χ0) is 27.1. The van der Waals surface area contributed by atoms with Crippen molar-refractivity contribution in [1.29, 1.82) is 0 Å². The Hall–Kier alpha value is -4.36. The Morgan fingerprint density at radius 2 is 1.64 bits per heavy atom. The second-order valence-electron chi connectivity index (χ2n) is 9.69. The van der Waals surface area contributed by atoms with Crippen LogP contribution < -0.4 is 19.7 Å². The summed E-state index contributed by atoms with van der Waals surface area (Å²) in [6.45, 7) is 4.34. The number of anilines is 1. The Morgan fingerprint density at radius 3 is 2.41 bits per heavy atom. The number of benzene rings is 3. The number of nitrogens with one attached hydrogen (secondary N) is 1. The molecule has 0 radical (unpaired) electrons. The van der Waals surface area contributed by atoms with Crippen molar-refractivity contribution >= 4 is 33.8 Å². The molecule has 0 aliphatic carbocycles. The van der Waals surface area contributed by atoms with Gasteiger partial charge in [-0.3, -0.25) is 4.98 Å². The van der Waals surface area contributed by atoms with E-state index in [2.05, 4.69) is 77.2 Å². The molecule has 2 aromatic heterocycles. The van der Waals surface area contributed by atoms with Crippen molar-refractivity contribution in [3.05, 3.63) is 114 Å². The fraction of sp³-hybridized carbons (Fsp3) is 0.188. The fourth-order valence-corrected chi connectivity index (χ4v) is 6.12. The zero-order valence-corrected chi connectivity index (χ0v) is 23.2. The van der Waals surface area contributed by atoms with E-state index in [0.717, 1.165) is 45.5 Å². The summed E-state index contributed by atoms with van der Waals surface area (Å²) in [4.78, 5) is 6.87. The molecule has 39 heavy (non-hydrogen) atoms. The van der Waals surface area contributed by atoms with E-state index in [-0.39, 0.29) is 12.1 Å². The van der Waals surface area contributed by atoms with Crippen LogP contribution in [-0.4, -0.2) is 28.9 Å². The van der Waals surface area contributed by atoms with E-state index >= 15 is 0 Å².